The van der Waals surface area contributed by atoms with Gasteiger partial charge in [-0.3, -0.25) is 0 Å². The molecule has 25 heavy (non-hydrogen) atoms. The van der Waals surface area contributed by atoms with Gasteiger partial charge in [-0.15, -0.1) is 0 Å². The molecule has 0 bridgehead atoms. The number of fused-ring (bicyclic) bond motifs is 3. The number of rotatable bonds is 2. The van der Waals surface area contributed by atoms with E-state index < -0.39 is 4.31 Å². The van der Waals surface area contributed by atoms with Crippen LogP contribution in [0.5, 0.6) is 0 Å². The first-order valence-corrected chi connectivity index (χ1v) is 10.5. The normalized spacial score (nSPS) is 36.9. The molecule has 130 valence electrons. The minimum absolute atomic E-state index is 0.00147. The van der Waals surface area contributed by atoms with Crippen LogP contribution in [0.25, 0.3) is 0 Å². The van der Waals surface area contributed by atoms with Gasteiger partial charge in [-0.25, -0.2) is 0 Å². The standard InChI is InChI=1S/C21H22O3Se/c1-13-16(22)10-12-20(2)11-9-15-18(17(13)20)24-19(23)21(15,3)25-14-7-5-4-6-8-14/h4-8,10,12,15,18H,9,11H2,1-3H3/t15-,18+,20+,21-/m1/s1. The Bertz CT molecular complexity index is 810. The third-order valence-corrected chi connectivity index (χ3v) is 8.98. The summed E-state index contributed by atoms with van der Waals surface area (Å²) >= 11 is 0.00147. The van der Waals surface area contributed by atoms with Gasteiger partial charge in [0.1, 0.15) is 0 Å². The second-order valence-corrected chi connectivity index (χ2v) is 10.8. The van der Waals surface area contributed by atoms with Gasteiger partial charge >= 0.3 is 154 Å². The van der Waals surface area contributed by atoms with Gasteiger partial charge in [-0.2, -0.15) is 0 Å². The van der Waals surface area contributed by atoms with Crippen LogP contribution in [0.4, 0.5) is 0 Å². The van der Waals surface area contributed by atoms with Crippen LogP contribution in [-0.2, 0) is 14.3 Å². The topological polar surface area (TPSA) is 43.4 Å². The maximum absolute atomic E-state index is 12.9. The van der Waals surface area contributed by atoms with Gasteiger partial charge in [-0.05, 0) is 0 Å². The molecule has 0 N–H and O–H groups in total. The van der Waals surface area contributed by atoms with Gasteiger partial charge in [0, 0.05) is 0 Å². The number of benzene rings is 1. The first-order chi connectivity index (χ1) is 11.8. The molecule has 2 aliphatic carbocycles. The number of allylic oxidation sites excluding steroid dienone is 3. The van der Waals surface area contributed by atoms with Crippen molar-refractivity contribution in [3.63, 3.8) is 0 Å². The SMILES string of the molecule is CC1=C2[C@H]3OC(=O)[C@](C)([Se]c4ccccc4)[C@@H]3CC[C@@]2(C)C=CC1=O. The van der Waals surface area contributed by atoms with Crippen LogP contribution in [0, 0.1) is 11.3 Å². The van der Waals surface area contributed by atoms with E-state index in [0.29, 0.717) is 0 Å². The Kier molecular flexibility index (Phi) is 3.82. The van der Waals surface area contributed by atoms with E-state index in [9.17, 15) is 9.59 Å². The summed E-state index contributed by atoms with van der Waals surface area (Å²) in [7, 11) is 0. The van der Waals surface area contributed by atoms with Crippen LogP contribution in [0.3, 0.4) is 0 Å². The van der Waals surface area contributed by atoms with Crippen LogP contribution in [-0.4, -0.2) is 32.8 Å². The molecule has 4 heteroatoms. The third-order valence-electron chi connectivity index (χ3n) is 6.04. The Hall–Kier alpha value is -1.64. The van der Waals surface area contributed by atoms with Crippen molar-refractivity contribution in [2.45, 2.75) is 44.0 Å². The third kappa shape index (κ3) is 2.46. The van der Waals surface area contributed by atoms with Gasteiger partial charge in [0.25, 0.3) is 0 Å². The van der Waals surface area contributed by atoms with E-state index in [1.54, 1.807) is 6.08 Å². The van der Waals surface area contributed by atoms with E-state index >= 15 is 0 Å². The van der Waals surface area contributed by atoms with Crippen molar-refractivity contribution in [3.8, 4) is 0 Å². The minimum atomic E-state index is -0.474. The molecule has 1 aromatic carbocycles. The number of carbonyl (C=O) groups is 2. The Morgan fingerprint density at radius 2 is 1.88 bits per heavy atom. The molecule has 0 radical (unpaired) electrons. The zero-order valence-corrected chi connectivity index (χ0v) is 16.5. The van der Waals surface area contributed by atoms with E-state index in [-0.39, 0.29) is 44.1 Å². The zero-order valence-electron chi connectivity index (χ0n) is 14.7. The first kappa shape index (κ1) is 16.8. The molecule has 4 atom stereocenters. The van der Waals surface area contributed by atoms with Gasteiger partial charge in [0.2, 0.25) is 0 Å². The summed E-state index contributed by atoms with van der Waals surface area (Å²) in [6.07, 6.45) is 5.35. The molecule has 1 aromatic rings. The van der Waals surface area contributed by atoms with Gasteiger partial charge in [0.05, 0.1) is 0 Å². The predicted octanol–water partition coefficient (Wildman–Crippen LogP) is 2.99. The summed E-state index contributed by atoms with van der Waals surface area (Å²) < 4.78 is 6.68. The van der Waals surface area contributed by atoms with Crippen molar-refractivity contribution in [2.24, 2.45) is 11.3 Å². The number of ketones is 1. The number of ether oxygens (including phenoxy) is 1. The molecular weight excluding hydrogens is 379 g/mol. The van der Waals surface area contributed by atoms with Gasteiger partial charge in [0.15, 0.2) is 0 Å². The second kappa shape index (κ2) is 5.69. The van der Waals surface area contributed by atoms with Crippen LogP contribution >= 0.6 is 0 Å². The summed E-state index contributed by atoms with van der Waals surface area (Å²) in [5.41, 5.74) is 1.64. The van der Waals surface area contributed by atoms with Crippen LogP contribution in [0.15, 0.2) is 53.6 Å². The Morgan fingerprint density at radius 3 is 2.60 bits per heavy atom. The molecule has 0 aromatic heterocycles. The number of esters is 1. The van der Waals surface area contributed by atoms with Crippen molar-refractivity contribution in [1.29, 1.82) is 0 Å². The quantitative estimate of drug-likeness (QED) is 0.565. The molecule has 1 heterocycles. The predicted molar refractivity (Wildman–Crippen MR) is 97.8 cm³/mol. The van der Waals surface area contributed by atoms with Crippen LogP contribution < -0.4 is 4.46 Å². The van der Waals surface area contributed by atoms with Crippen molar-refractivity contribution >= 4 is 31.2 Å². The zero-order chi connectivity index (χ0) is 17.8. The van der Waals surface area contributed by atoms with Crippen molar-refractivity contribution < 1.29 is 14.3 Å². The first-order valence-electron chi connectivity index (χ1n) is 8.75. The molecule has 0 unspecified atom stereocenters. The number of carbonyl (C=O) groups excluding carboxylic acids is 2. The van der Waals surface area contributed by atoms with Crippen molar-refractivity contribution in [2.75, 3.05) is 0 Å². The molecule has 0 amide bonds. The molecule has 0 spiro atoms. The Balaban J connectivity index is 1.73. The molecule has 1 aliphatic heterocycles. The fourth-order valence-electron chi connectivity index (χ4n) is 4.54. The molecule has 2 fully saturated rings. The van der Waals surface area contributed by atoms with E-state index in [1.807, 2.05) is 31.2 Å². The summed E-state index contributed by atoms with van der Waals surface area (Å²) in [4.78, 5) is 25.1. The molecule has 4 rings (SSSR count). The average molecular weight is 401 g/mol. The average Bonchev–Trinajstić information content (AvgIpc) is 2.83. The number of hydrogen-bond acceptors (Lipinski definition) is 3. The monoisotopic (exact) mass is 402 g/mol. The Labute approximate surface area is 154 Å². The molecule has 3 nitrogen and oxygen atoms in total. The second-order valence-electron chi connectivity index (χ2n) is 7.65. The summed E-state index contributed by atoms with van der Waals surface area (Å²) in [6, 6.07) is 10.2. The fraction of sp³-hybridized carbons (Fsp3) is 0.429. The molecule has 1 saturated heterocycles. The molecule has 3 aliphatic rings. The molecule has 1 saturated carbocycles. The summed E-state index contributed by atoms with van der Waals surface area (Å²) in [5, 5.41) is 0. The van der Waals surface area contributed by atoms with Gasteiger partial charge in [-0.1, -0.05) is 0 Å². The fourth-order valence-corrected chi connectivity index (χ4v) is 7.28. The summed E-state index contributed by atoms with van der Waals surface area (Å²) in [6.45, 7) is 6.11. The van der Waals surface area contributed by atoms with E-state index in [2.05, 4.69) is 26.0 Å². The van der Waals surface area contributed by atoms with E-state index in [0.717, 1.165) is 24.0 Å². The molecular formula is C21H22O3Se. The Morgan fingerprint density at radius 1 is 1.16 bits per heavy atom. The van der Waals surface area contributed by atoms with Crippen LogP contribution in [0.2, 0.25) is 4.31 Å². The number of hydrogen-bond donors (Lipinski definition) is 0. The van der Waals surface area contributed by atoms with Crippen molar-refractivity contribution in [1.82, 2.24) is 0 Å². The van der Waals surface area contributed by atoms with Gasteiger partial charge < -0.3 is 0 Å². The van der Waals surface area contributed by atoms with Crippen molar-refractivity contribution in [3.05, 3.63) is 53.6 Å². The van der Waals surface area contributed by atoms with Crippen LogP contribution in [0.1, 0.15) is 33.6 Å². The summed E-state index contributed by atoms with van der Waals surface area (Å²) in [5.74, 6) is 0.0989. The van der Waals surface area contributed by atoms with E-state index in [1.165, 1.54) is 4.46 Å². The maximum atomic E-state index is 12.9. The van der Waals surface area contributed by atoms with E-state index in [4.69, 9.17) is 4.74 Å².